The minimum Gasteiger partial charge on any atom is -0.462 e. The lowest BCUT2D eigenvalue weighted by atomic mass is 10.2. The molecule has 1 aromatic rings. The first-order valence-electron chi connectivity index (χ1n) is 5.21. The Balaban J connectivity index is 2.39. The van der Waals surface area contributed by atoms with Gasteiger partial charge in [-0.2, -0.15) is 0 Å². The number of esters is 1. The van der Waals surface area contributed by atoms with Crippen LogP contribution in [0.15, 0.2) is 18.2 Å². The maximum atomic E-state index is 12.9. The SMILES string of the molecule is NNCCCCOC(=O)c1ccc(F)c(Cl)c1. The molecule has 0 amide bonds. The van der Waals surface area contributed by atoms with Gasteiger partial charge in [-0.25, -0.2) is 9.18 Å². The van der Waals surface area contributed by atoms with E-state index >= 15 is 0 Å². The average Bonchev–Trinajstić information content (AvgIpc) is 2.32. The molecule has 0 unspecified atom stereocenters. The normalized spacial score (nSPS) is 10.3. The predicted molar refractivity (Wildman–Crippen MR) is 63.1 cm³/mol. The summed E-state index contributed by atoms with van der Waals surface area (Å²) in [5, 5.41) is -0.0909. The standard InChI is InChI=1S/C11H14ClFN2O2/c12-9-7-8(3-4-10(9)13)11(16)17-6-2-1-5-15-14/h3-4,7,15H,1-2,5-6,14H2. The number of carbonyl (C=O) groups excluding carboxylic acids is 1. The fraction of sp³-hybridized carbons (Fsp3) is 0.364. The number of nitrogens with one attached hydrogen (secondary N) is 1. The largest absolute Gasteiger partial charge is 0.462 e. The zero-order chi connectivity index (χ0) is 12.7. The Morgan fingerprint density at radius 3 is 2.88 bits per heavy atom. The minimum atomic E-state index is -0.558. The van der Waals surface area contributed by atoms with E-state index in [-0.39, 0.29) is 10.6 Å². The molecule has 0 radical (unpaired) electrons. The van der Waals surface area contributed by atoms with Gasteiger partial charge in [0.15, 0.2) is 0 Å². The van der Waals surface area contributed by atoms with E-state index in [1.165, 1.54) is 12.1 Å². The van der Waals surface area contributed by atoms with Crippen molar-refractivity contribution in [1.29, 1.82) is 0 Å². The van der Waals surface area contributed by atoms with Gasteiger partial charge in [0.1, 0.15) is 5.82 Å². The van der Waals surface area contributed by atoms with E-state index in [2.05, 4.69) is 5.43 Å². The Hall–Kier alpha value is -1.17. The molecule has 94 valence electrons. The maximum Gasteiger partial charge on any atom is 0.338 e. The van der Waals surface area contributed by atoms with Gasteiger partial charge in [-0.1, -0.05) is 11.6 Å². The molecule has 3 N–H and O–H groups in total. The van der Waals surface area contributed by atoms with E-state index < -0.39 is 11.8 Å². The van der Waals surface area contributed by atoms with Crippen LogP contribution in [0.1, 0.15) is 23.2 Å². The third kappa shape index (κ3) is 4.68. The third-order valence-electron chi connectivity index (χ3n) is 2.10. The van der Waals surface area contributed by atoms with Gasteiger partial charge in [-0.3, -0.25) is 11.3 Å². The Labute approximate surface area is 104 Å². The van der Waals surface area contributed by atoms with Crippen LogP contribution in [0.4, 0.5) is 4.39 Å². The quantitative estimate of drug-likeness (QED) is 0.355. The van der Waals surface area contributed by atoms with Crippen molar-refractivity contribution >= 4 is 17.6 Å². The second kappa shape index (κ2) is 7.21. The molecule has 0 bridgehead atoms. The average molecular weight is 261 g/mol. The summed E-state index contributed by atoms with van der Waals surface area (Å²) in [6, 6.07) is 3.73. The molecule has 0 aliphatic heterocycles. The second-order valence-electron chi connectivity index (χ2n) is 3.43. The van der Waals surface area contributed by atoms with Crippen LogP contribution in [-0.4, -0.2) is 19.1 Å². The fourth-order valence-corrected chi connectivity index (χ4v) is 1.38. The van der Waals surface area contributed by atoms with E-state index in [1.807, 2.05) is 0 Å². The van der Waals surface area contributed by atoms with Gasteiger partial charge in [0, 0.05) is 6.54 Å². The van der Waals surface area contributed by atoms with Gasteiger partial charge in [-0.05, 0) is 31.0 Å². The van der Waals surface area contributed by atoms with Crippen LogP contribution < -0.4 is 11.3 Å². The maximum absolute atomic E-state index is 12.9. The number of ether oxygens (including phenoxy) is 1. The number of hydrogen-bond acceptors (Lipinski definition) is 4. The van der Waals surface area contributed by atoms with Crippen LogP contribution in [0.5, 0.6) is 0 Å². The highest BCUT2D eigenvalue weighted by molar-refractivity contribution is 6.31. The monoisotopic (exact) mass is 260 g/mol. The van der Waals surface area contributed by atoms with Crippen LogP contribution in [-0.2, 0) is 4.74 Å². The van der Waals surface area contributed by atoms with Crippen molar-refractivity contribution in [3.05, 3.63) is 34.6 Å². The molecule has 0 saturated heterocycles. The van der Waals surface area contributed by atoms with Crippen LogP contribution in [0.3, 0.4) is 0 Å². The number of hydrazine groups is 1. The Morgan fingerprint density at radius 1 is 1.47 bits per heavy atom. The van der Waals surface area contributed by atoms with Crippen molar-refractivity contribution < 1.29 is 13.9 Å². The molecule has 0 spiro atoms. The zero-order valence-corrected chi connectivity index (χ0v) is 9.97. The molecule has 4 nitrogen and oxygen atoms in total. The topological polar surface area (TPSA) is 64.3 Å². The van der Waals surface area contributed by atoms with Gasteiger partial charge in [0.25, 0.3) is 0 Å². The van der Waals surface area contributed by atoms with E-state index in [4.69, 9.17) is 22.2 Å². The van der Waals surface area contributed by atoms with Crippen molar-refractivity contribution in [3.8, 4) is 0 Å². The van der Waals surface area contributed by atoms with Gasteiger partial charge < -0.3 is 4.74 Å². The highest BCUT2D eigenvalue weighted by Gasteiger charge is 2.09. The van der Waals surface area contributed by atoms with Gasteiger partial charge in [0.2, 0.25) is 0 Å². The second-order valence-corrected chi connectivity index (χ2v) is 3.83. The fourth-order valence-electron chi connectivity index (χ4n) is 1.20. The highest BCUT2D eigenvalue weighted by Crippen LogP contribution is 2.16. The summed E-state index contributed by atoms with van der Waals surface area (Å²) in [5.41, 5.74) is 2.75. The lowest BCUT2D eigenvalue weighted by Crippen LogP contribution is -2.23. The Bertz CT molecular complexity index is 388. The summed E-state index contributed by atoms with van der Waals surface area (Å²) in [6.07, 6.45) is 1.53. The lowest BCUT2D eigenvalue weighted by Gasteiger charge is -2.05. The number of halogens is 2. The number of rotatable bonds is 6. The molecule has 0 saturated carbocycles. The number of unbranched alkanes of at least 4 members (excludes halogenated alkanes) is 1. The molecule has 0 aromatic heterocycles. The van der Waals surface area contributed by atoms with E-state index in [0.29, 0.717) is 19.6 Å². The number of benzene rings is 1. The van der Waals surface area contributed by atoms with Gasteiger partial charge in [-0.15, -0.1) is 0 Å². The first-order chi connectivity index (χ1) is 8.15. The first-order valence-corrected chi connectivity index (χ1v) is 5.58. The van der Waals surface area contributed by atoms with Crippen molar-refractivity contribution in [2.45, 2.75) is 12.8 Å². The van der Waals surface area contributed by atoms with Crippen LogP contribution >= 0.6 is 11.6 Å². The van der Waals surface area contributed by atoms with Gasteiger partial charge >= 0.3 is 5.97 Å². The minimum absolute atomic E-state index is 0.0909. The summed E-state index contributed by atoms with van der Waals surface area (Å²) in [4.78, 5) is 11.5. The predicted octanol–water partition coefficient (Wildman–Crippen LogP) is 1.88. The summed E-state index contributed by atoms with van der Waals surface area (Å²) in [7, 11) is 0. The number of nitrogens with two attached hydrogens (primary N) is 1. The summed E-state index contributed by atoms with van der Waals surface area (Å²) >= 11 is 5.56. The van der Waals surface area contributed by atoms with Crippen LogP contribution in [0.2, 0.25) is 5.02 Å². The smallest absolute Gasteiger partial charge is 0.338 e. The van der Waals surface area contributed by atoms with Crippen LogP contribution in [0.25, 0.3) is 0 Å². The Morgan fingerprint density at radius 2 is 2.24 bits per heavy atom. The Kier molecular flexibility index (Phi) is 5.90. The van der Waals surface area contributed by atoms with E-state index in [9.17, 15) is 9.18 Å². The van der Waals surface area contributed by atoms with Crippen molar-refractivity contribution in [1.82, 2.24) is 5.43 Å². The summed E-state index contributed by atoms with van der Waals surface area (Å²) < 4.78 is 17.8. The molecule has 17 heavy (non-hydrogen) atoms. The molecule has 1 aromatic carbocycles. The summed E-state index contributed by atoms with van der Waals surface area (Å²) in [6.45, 7) is 0.968. The van der Waals surface area contributed by atoms with Crippen molar-refractivity contribution in [3.63, 3.8) is 0 Å². The molecule has 0 heterocycles. The van der Waals surface area contributed by atoms with Crippen LogP contribution in [0, 0.1) is 5.82 Å². The molecular weight excluding hydrogens is 247 g/mol. The molecular formula is C11H14ClFN2O2. The number of hydrogen-bond donors (Lipinski definition) is 2. The molecule has 6 heteroatoms. The third-order valence-corrected chi connectivity index (χ3v) is 2.39. The summed E-state index contributed by atoms with van der Waals surface area (Å²) in [5.74, 6) is 4.02. The molecule has 0 aliphatic rings. The van der Waals surface area contributed by atoms with Gasteiger partial charge in [0.05, 0.1) is 17.2 Å². The molecule has 0 fully saturated rings. The highest BCUT2D eigenvalue weighted by atomic mass is 35.5. The zero-order valence-electron chi connectivity index (χ0n) is 9.21. The molecule has 1 rings (SSSR count). The lowest BCUT2D eigenvalue weighted by molar-refractivity contribution is 0.0498. The number of carbonyl (C=O) groups is 1. The molecule has 0 atom stereocenters. The first kappa shape index (κ1) is 13.9. The van der Waals surface area contributed by atoms with E-state index in [0.717, 1.165) is 12.5 Å². The molecule has 0 aliphatic carbocycles. The van der Waals surface area contributed by atoms with Crippen molar-refractivity contribution in [2.24, 2.45) is 5.84 Å². The van der Waals surface area contributed by atoms with E-state index in [1.54, 1.807) is 0 Å². The van der Waals surface area contributed by atoms with Crippen molar-refractivity contribution in [2.75, 3.05) is 13.2 Å².